The smallest absolute Gasteiger partial charge is 0.407 e. The topological polar surface area (TPSA) is 67.9 Å². The second-order valence-electron chi connectivity index (χ2n) is 8.36. The first-order chi connectivity index (χ1) is 13.6. The second-order valence-corrected chi connectivity index (χ2v) is 9.27. The third-order valence-corrected chi connectivity index (χ3v) is 5.74. The van der Waals surface area contributed by atoms with E-state index in [9.17, 15) is 14.0 Å². The predicted octanol–water partition coefficient (Wildman–Crippen LogP) is 4.30. The highest BCUT2D eigenvalue weighted by molar-refractivity contribution is 7.17. The van der Waals surface area contributed by atoms with Crippen molar-refractivity contribution in [2.24, 2.45) is 0 Å². The SMILES string of the molecule is COc1cc(C(=O)N2C[C@H](F)C[C@@H](NC(=O)OC(C)(C)C)C2)cc2scc(C)c12. The van der Waals surface area contributed by atoms with Crippen LogP contribution in [0.25, 0.3) is 10.1 Å². The lowest BCUT2D eigenvalue weighted by Crippen LogP contribution is -2.54. The summed E-state index contributed by atoms with van der Waals surface area (Å²) in [6.07, 6.45) is -1.68. The van der Waals surface area contributed by atoms with E-state index in [1.807, 2.05) is 18.4 Å². The van der Waals surface area contributed by atoms with E-state index in [2.05, 4.69) is 5.32 Å². The van der Waals surface area contributed by atoms with Gasteiger partial charge in [-0.25, -0.2) is 9.18 Å². The minimum absolute atomic E-state index is 0.00481. The van der Waals surface area contributed by atoms with Gasteiger partial charge in [0.25, 0.3) is 5.91 Å². The quantitative estimate of drug-likeness (QED) is 0.801. The summed E-state index contributed by atoms with van der Waals surface area (Å²) < 4.78 is 26.0. The summed E-state index contributed by atoms with van der Waals surface area (Å²) in [6.45, 7) is 7.50. The third kappa shape index (κ3) is 4.98. The molecule has 0 bridgehead atoms. The van der Waals surface area contributed by atoms with Crippen molar-refractivity contribution in [1.82, 2.24) is 10.2 Å². The molecule has 1 N–H and O–H groups in total. The van der Waals surface area contributed by atoms with Gasteiger partial charge in [-0.3, -0.25) is 4.79 Å². The maximum absolute atomic E-state index is 14.3. The summed E-state index contributed by atoms with van der Waals surface area (Å²) in [5.41, 5.74) is 0.888. The number of ether oxygens (including phenoxy) is 2. The molecule has 1 aromatic carbocycles. The number of alkyl halides is 1. The highest BCUT2D eigenvalue weighted by Crippen LogP contribution is 2.35. The number of piperidine rings is 1. The van der Waals surface area contributed by atoms with Crippen LogP contribution in [0.3, 0.4) is 0 Å². The fourth-order valence-corrected chi connectivity index (χ4v) is 4.53. The molecule has 2 atom stereocenters. The van der Waals surface area contributed by atoms with Crippen LogP contribution >= 0.6 is 11.3 Å². The number of thiophene rings is 1. The minimum Gasteiger partial charge on any atom is -0.496 e. The van der Waals surface area contributed by atoms with E-state index in [1.54, 1.807) is 33.9 Å². The normalized spacial score (nSPS) is 19.9. The van der Waals surface area contributed by atoms with E-state index in [1.165, 1.54) is 16.2 Å². The molecule has 1 aliphatic heterocycles. The van der Waals surface area contributed by atoms with E-state index >= 15 is 0 Å². The minimum atomic E-state index is -1.22. The zero-order chi connectivity index (χ0) is 21.3. The molecule has 2 heterocycles. The Bertz CT molecular complexity index is 921. The van der Waals surface area contributed by atoms with Gasteiger partial charge in [0.1, 0.15) is 17.5 Å². The number of carbonyl (C=O) groups excluding carboxylic acids is 2. The molecule has 2 aromatic rings. The second kappa shape index (κ2) is 8.18. The molecule has 0 radical (unpaired) electrons. The molecule has 0 spiro atoms. The first kappa shape index (κ1) is 21.4. The standard InChI is InChI=1S/C21H27FN2O4S/c1-12-11-29-17-7-13(6-16(27-5)18(12)17)19(25)24-9-14(22)8-15(10-24)23-20(26)28-21(2,3)4/h6-7,11,14-15H,8-10H2,1-5H3,(H,23,26)/t14-,15-/m1/s1. The molecule has 0 saturated carbocycles. The zero-order valence-electron chi connectivity index (χ0n) is 17.4. The Hall–Kier alpha value is -2.35. The van der Waals surface area contributed by atoms with E-state index in [-0.39, 0.29) is 25.4 Å². The van der Waals surface area contributed by atoms with E-state index in [4.69, 9.17) is 9.47 Å². The van der Waals surface area contributed by atoms with Crippen LogP contribution in [0.4, 0.5) is 9.18 Å². The molecule has 3 rings (SSSR count). The molecular formula is C21H27FN2O4S. The molecule has 1 saturated heterocycles. The Morgan fingerprint density at radius 1 is 1.28 bits per heavy atom. The van der Waals surface area contributed by atoms with Crippen molar-refractivity contribution in [2.45, 2.75) is 51.9 Å². The Labute approximate surface area is 174 Å². The lowest BCUT2D eigenvalue weighted by molar-refractivity contribution is 0.0394. The summed E-state index contributed by atoms with van der Waals surface area (Å²) in [4.78, 5) is 26.6. The van der Waals surface area contributed by atoms with Crippen LogP contribution in [0.2, 0.25) is 0 Å². The Balaban J connectivity index is 1.78. The van der Waals surface area contributed by atoms with Gasteiger partial charge >= 0.3 is 6.09 Å². The van der Waals surface area contributed by atoms with Crippen molar-refractivity contribution >= 4 is 33.4 Å². The molecule has 1 fully saturated rings. The summed E-state index contributed by atoms with van der Waals surface area (Å²) in [7, 11) is 1.57. The predicted molar refractivity (Wildman–Crippen MR) is 112 cm³/mol. The maximum Gasteiger partial charge on any atom is 0.407 e. The maximum atomic E-state index is 14.3. The third-order valence-electron chi connectivity index (χ3n) is 4.70. The molecule has 0 aliphatic carbocycles. The van der Waals surface area contributed by atoms with Crippen molar-refractivity contribution in [3.8, 4) is 5.75 Å². The van der Waals surface area contributed by atoms with Gasteiger partial charge in [-0.2, -0.15) is 0 Å². The number of carbonyl (C=O) groups is 2. The highest BCUT2D eigenvalue weighted by atomic mass is 32.1. The fraction of sp³-hybridized carbons (Fsp3) is 0.524. The number of benzene rings is 1. The van der Waals surface area contributed by atoms with Gasteiger partial charge in [-0.05, 0) is 50.8 Å². The Kier molecular flexibility index (Phi) is 6.03. The van der Waals surface area contributed by atoms with Gasteiger partial charge in [0.05, 0.1) is 19.7 Å². The number of fused-ring (bicyclic) bond motifs is 1. The largest absolute Gasteiger partial charge is 0.496 e. The van der Waals surface area contributed by atoms with Crippen molar-refractivity contribution in [3.05, 3.63) is 28.6 Å². The van der Waals surface area contributed by atoms with Crippen LogP contribution in [-0.2, 0) is 4.74 Å². The molecule has 0 unspecified atom stereocenters. The first-order valence-electron chi connectivity index (χ1n) is 9.56. The Morgan fingerprint density at radius 2 is 2.00 bits per heavy atom. The molecule has 8 heteroatoms. The van der Waals surface area contributed by atoms with Gasteiger partial charge in [0.2, 0.25) is 0 Å². The van der Waals surface area contributed by atoms with Crippen LogP contribution < -0.4 is 10.1 Å². The first-order valence-corrected chi connectivity index (χ1v) is 10.4. The van der Waals surface area contributed by atoms with E-state index in [0.29, 0.717) is 11.3 Å². The molecule has 2 amide bonds. The van der Waals surface area contributed by atoms with Gasteiger partial charge < -0.3 is 19.7 Å². The van der Waals surface area contributed by atoms with Gasteiger partial charge in [-0.15, -0.1) is 11.3 Å². The van der Waals surface area contributed by atoms with Crippen molar-refractivity contribution in [2.75, 3.05) is 20.2 Å². The number of nitrogens with one attached hydrogen (secondary N) is 1. The Morgan fingerprint density at radius 3 is 2.66 bits per heavy atom. The van der Waals surface area contributed by atoms with Crippen LogP contribution in [0, 0.1) is 6.92 Å². The number of aryl methyl sites for hydroxylation is 1. The van der Waals surface area contributed by atoms with Gasteiger partial charge in [-0.1, -0.05) is 0 Å². The van der Waals surface area contributed by atoms with E-state index < -0.39 is 23.9 Å². The van der Waals surface area contributed by atoms with E-state index in [0.717, 1.165) is 15.6 Å². The number of hydrogen-bond donors (Lipinski definition) is 1. The summed E-state index contributed by atoms with van der Waals surface area (Å²) in [5.74, 6) is 0.344. The van der Waals surface area contributed by atoms with Crippen molar-refractivity contribution in [1.29, 1.82) is 0 Å². The van der Waals surface area contributed by atoms with Gasteiger partial charge in [0, 0.05) is 28.6 Å². The van der Waals surface area contributed by atoms with Crippen LogP contribution in [-0.4, -0.2) is 54.9 Å². The average molecular weight is 423 g/mol. The van der Waals surface area contributed by atoms with Crippen molar-refractivity contribution in [3.63, 3.8) is 0 Å². The molecule has 29 heavy (non-hydrogen) atoms. The number of hydrogen-bond acceptors (Lipinski definition) is 5. The van der Waals surface area contributed by atoms with Crippen molar-refractivity contribution < 1.29 is 23.5 Å². The van der Waals surface area contributed by atoms with Crippen LogP contribution in [0.1, 0.15) is 43.1 Å². The monoisotopic (exact) mass is 422 g/mol. The summed E-state index contributed by atoms with van der Waals surface area (Å²) in [5, 5.41) is 5.68. The molecule has 6 nitrogen and oxygen atoms in total. The number of amides is 2. The van der Waals surface area contributed by atoms with Crippen LogP contribution in [0.5, 0.6) is 5.75 Å². The number of alkyl carbamates (subject to hydrolysis) is 1. The fourth-order valence-electron chi connectivity index (χ4n) is 3.53. The number of nitrogens with zero attached hydrogens (tertiary/aromatic N) is 1. The van der Waals surface area contributed by atoms with Gasteiger partial charge in [0.15, 0.2) is 0 Å². The lowest BCUT2D eigenvalue weighted by atomic mass is 10.0. The number of halogens is 1. The molecule has 1 aliphatic rings. The number of rotatable bonds is 3. The molecule has 1 aromatic heterocycles. The number of methoxy groups -OCH3 is 1. The summed E-state index contributed by atoms with van der Waals surface area (Å²) in [6, 6.07) is 3.01. The molecular weight excluding hydrogens is 395 g/mol. The summed E-state index contributed by atoms with van der Waals surface area (Å²) >= 11 is 1.54. The average Bonchev–Trinajstić information content (AvgIpc) is 2.99. The number of likely N-dealkylation sites (tertiary alicyclic amines) is 1. The molecule has 158 valence electrons. The lowest BCUT2D eigenvalue weighted by Gasteiger charge is -2.35. The van der Waals surface area contributed by atoms with Crippen LogP contribution in [0.15, 0.2) is 17.5 Å². The highest BCUT2D eigenvalue weighted by Gasteiger charge is 2.32. The zero-order valence-corrected chi connectivity index (χ0v) is 18.2.